The molecule has 7 heteroatoms. The van der Waals surface area contributed by atoms with Crippen molar-refractivity contribution in [1.82, 2.24) is 5.32 Å². The van der Waals surface area contributed by atoms with Crippen LogP contribution < -0.4 is 15.5 Å². The van der Waals surface area contributed by atoms with E-state index in [4.69, 9.17) is 0 Å². The van der Waals surface area contributed by atoms with Crippen molar-refractivity contribution >= 4 is 23.0 Å². The van der Waals surface area contributed by atoms with E-state index in [1.54, 1.807) is 32.3 Å². The Labute approximate surface area is 105 Å². The van der Waals surface area contributed by atoms with Gasteiger partial charge >= 0.3 is 5.69 Å². The normalized spacial score (nSPS) is 9.72. The maximum atomic E-state index is 11.3. The van der Waals surface area contributed by atoms with Crippen LogP contribution in [0.5, 0.6) is 0 Å². The van der Waals surface area contributed by atoms with Gasteiger partial charge in [0.05, 0.1) is 11.5 Å². The van der Waals surface area contributed by atoms with Crippen molar-refractivity contribution in [3.63, 3.8) is 0 Å². The van der Waals surface area contributed by atoms with Gasteiger partial charge in [-0.2, -0.15) is 0 Å². The molecule has 0 bridgehead atoms. The maximum Gasteiger partial charge on any atom is 0.315 e. The van der Waals surface area contributed by atoms with Crippen LogP contribution >= 0.6 is 0 Å². The molecule has 18 heavy (non-hydrogen) atoms. The third kappa shape index (κ3) is 2.88. The first-order chi connectivity index (χ1) is 8.51. The van der Waals surface area contributed by atoms with Gasteiger partial charge in [-0.3, -0.25) is 14.9 Å². The highest BCUT2D eigenvalue weighted by atomic mass is 16.6. The van der Waals surface area contributed by atoms with Gasteiger partial charge < -0.3 is 15.5 Å². The minimum atomic E-state index is -0.457. The lowest BCUT2D eigenvalue weighted by molar-refractivity contribution is -0.383. The second kappa shape index (κ2) is 5.85. The molecule has 0 unspecified atom stereocenters. The van der Waals surface area contributed by atoms with Crippen molar-refractivity contribution in [2.75, 3.05) is 37.9 Å². The predicted octanol–water partition coefficient (Wildman–Crippen LogP) is 0.819. The van der Waals surface area contributed by atoms with Crippen LogP contribution in [0, 0.1) is 10.1 Å². The Balaban J connectivity index is 3.15. The summed E-state index contributed by atoms with van der Waals surface area (Å²) in [6, 6.07) is 4.94. The summed E-state index contributed by atoms with van der Waals surface area (Å²) in [5, 5.41) is 16.3. The summed E-state index contributed by atoms with van der Waals surface area (Å²) < 4.78 is 0. The van der Waals surface area contributed by atoms with Crippen molar-refractivity contribution in [3.8, 4) is 0 Å². The molecule has 0 fully saturated rings. The Hall–Kier alpha value is -2.31. The number of benzene rings is 1. The van der Waals surface area contributed by atoms with Gasteiger partial charge in [-0.05, 0) is 12.1 Å². The summed E-state index contributed by atoms with van der Waals surface area (Å²) in [4.78, 5) is 23.5. The highest BCUT2D eigenvalue weighted by Crippen LogP contribution is 2.34. The number of nitro groups is 1. The Morgan fingerprint density at radius 1 is 1.44 bits per heavy atom. The number of likely N-dealkylation sites (N-methyl/N-ethyl adjacent to an activating group) is 2. The van der Waals surface area contributed by atoms with E-state index in [2.05, 4.69) is 10.6 Å². The van der Waals surface area contributed by atoms with Crippen LogP contribution in [0.15, 0.2) is 18.2 Å². The summed E-state index contributed by atoms with van der Waals surface area (Å²) in [6.45, 7) is 0.0600. The molecule has 2 N–H and O–H groups in total. The zero-order valence-corrected chi connectivity index (χ0v) is 10.6. The smallest absolute Gasteiger partial charge is 0.315 e. The zero-order valence-electron chi connectivity index (χ0n) is 10.6. The van der Waals surface area contributed by atoms with Crippen LogP contribution in [0.1, 0.15) is 0 Å². The minimum absolute atomic E-state index is 0.0357. The van der Waals surface area contributed by atoms with Gasteiger partial charge in [0.2, 0.25) is 5.91 Å². The third-order valence-corrected chi connectivity index (χ3v) is 2.54. The Bertz CT molecular complexity index is 462. The van der Waals surface area contributed by atoms with Crippen LogP contribution in [-0.2, 0) is 4.79 Å². The molecule has 0 aliphatic carbocycles. The molecule has 0 saturated carbocycles. The molecule has 0 spiro atoms. The number of para-hydroxylation sites is 1. The van der Waals surface area contributed by atoms with Gasteiger partial charge in [-0.1, -0.05) is 6.07 Å². The Morgan fingerprint density at radius 3 is 2.61 bits per heavy atom. The van der Waals surface area contributed by atoms with Gasteiger partial charge in [0.15, 0.2) is 0 Å². The summed E-state index contributed by atoms with van der Waals surface area (Å²) >= 11 is 0. The Morgan fingerprint density at radius 2 is 2.11 bits per heavy atom. The molecular formula is C11H16N4O3. The highest BCUT2D eigenvalue weighted by Gasteiger charge is 2.22. The monoisotopic (exact) mass is 252 g/mol. The van der Waals surface area contributed by atoms with Crippen LogP contribution in [0.2, 0.25) is 0 Å². The second-order valence-electron chi connectivity index (χ2n) is 3.71. The van der Waals surface area contributed by atoms with Crippen LogP contribution in [0.25, 0.3) is 0 Å². The number of hydrogen-bond donors (Lipinski definition) is 2. The van der Waals surface area contributed by atoms with E-state index in [0.29, 0.717) is 11.4 Å². The quantitative estimate of drug-likeness (QED) is 0.598. The van der Waals surface area contributed by atoms with Crippen molar-refractivity contribution in [3.05, 3.63) is 28.3 Å². The third-order valence-electron chi connectivity index (χ3n) is 2.54. The molecule has 0 heterocycles. The average Bonchev–Trinajstić information content (AvgIpc) is 2.37. The predicted molar refractivity (Wildman–Crippen MR) is 70.0 cm³/mol. The highest BCUT2D eigenvalue weighted by molar-refractivity contribution is 5.84. The lowest BCUT2D eigenvalue weighted by atomic mass is 10.2. The number of hydrogen-bond acceptors (Lipinski definition) is 5. The number of carbonyl (C=O) groups excluding carboxylic acids is 1. The lowest BCUT2D eigenvalue weighted by Gasteiger charge is -2.19. The standard InChI is InChI=1S/C11H16N4O3/c1-12-8-5-4-6-9(11(8)15(17)18)14(3)7-10(16)13-2/h4-6,12H,7H2,1-3H3,(H,13,16). The Kier molecular flexibility index (Phi) is 4.47. The fourth-order valence-electron chi connectivity index (χ4n) is 1.61. The van der Waals surface area contributed by atoms with Gasteiger partial charge in [0.1, 0.15) is 11.4 Å². The minimum Gasteiger partial charge on any atom is -0.382 e. The van der Waals surface area contributed by atoms with Gasteiger partial charge in [-0.15, -0.1) is 0 Å². The van der Waals surface area contributed by atoms with Crippen molar-refractivity contribution in [1.29, 1.82) is 0 Å². The second-order valence-corrected chi connectivity index (χ2v) is 3.71. The molecule has 1 amide bonds. The van der Waals surface area contributed by atoms with E-state index in [1.165, 1.54) is 11.9 Å². The van der Waals surface area contributed by atoms with Crippen molar-refractivity contribution < 1.29 is 9.72 Å². The lowest BCUT2D eigenvalue weighted by Crippen LogP contribution is -2.33. The van der Waals surface area contributed by atoms with Gasteiger partial charge in [-0.25, -0.2) is 0 Å². The van der Waals surface area contributed by atoms with E-state index < -0.39 is 4.92 Å². The van der Waals surface area contributed by atoms with Crippen LogP contribution in [0.3, 0.4) is 0 Å². The molecule has 7 nitrogen and oxygen atoms in total. The zero-order chi connectivity index (χ0) is 13.7. The average molecular weight is 252 g/mol. The molecule has 0 radical (unpaired) electrons. The van der Waals surface area contributed by atoms with Crippen LogP contribution in [0.4, 0.5) is 17.1 Å². The number of nitrogens with zero attached hydrogens (tertiary/aromatic N) is 2. The molecule has 0 aromatic heterocycles. The number of nitro benzene ring substituents is 1. The molecule has 0 atom stereocenters. The summed E-state index contributed by atoms with van der Waals surface area (Å²) in [6.07, 6.45) is 0. The van der Waals surface area contributed by atoms with Crippen molar-refractivity contribution in [2.24, 2.45) is 0 Å². The molecular weight excluding hydrogens is 236 g/mol. The molecule has 0 saturated heterocycles. The summed E-state index contributed by atoms with van der Waals surface area (Å²) in [7, 11) is 4.77. The fourth-order valence-corrected chi connectivity index (χ4v) is 1.61. The summed E-state index contributed by atoms with van der Waals surface area (Å²) in [5.41, 5.74) is 0.781. The first-order valence-electron chi connectivity index (χ1n) is 5.38. The van der Waals surface area contributed by atoms with E-state index in [1.807, 2.05) is 0 Å². The number of nitrogens with one attached hydrogen (secondary N) is 2. The fraction of sp³-hybridized carbons (Fsp3) is 0.364. The molecule has 1 rings (SSSR count). The molecule has 0 aliphatic heterocycles. The van der Waals surface area contributed by atoms with E-state index in [9.17, 15) is 14.9 Å². The van der Waals surface area contributed by atoms with E-state index in [0.717, 1.165) is 0 Å². The van der Waals surface area contributed by atoms with Crippen molar-refractivity contribution in [2.45, 2.75) is 0 Å². The van der Waals surface area contributed by atoms with E-state index in [-0.39, 0.29) is 18.1 Å². The van der Waals surface area contributed by atoms with E-state index >= 15 is 0 Å². The largest absolute Gasteiger partial charge is 0.382 e. The first kappa shape index (κ1) is 13.8. The molecule has 1 aromatic carbocycles. The van der Waals surface area contributed by atoms with Gasteiger partial charge in [0.25, 0.3) is 0 Å². The number of amides is 1. The topological polar surface area (TPSA) is 87.5 Å². The number of rotatable bonds is 5. The van der Waals surface area contributed by atoms with Crippen LogP contribution in [-0.4, -0.2) is 38.5 Å². The molecule has 98 valence electrons. The summed E-state index contributed by atoms with van der Waals surface area (Å²) in [5.74, 6) is -0.207. The first-order valence-corrected chi connectivity index (χ1v) is 5.38. The molecule has 1 aromatic rings. The molecule has 0 aliphatic rings. The SMILES string of the molecule is CNC(=O)CN(C)c1cccc(NC)c1[N+](=O)[O-]. The number of anilines is 2. The van der Waals surface area contributed by atoms with Gasteiger partial charge in [0, 0.05) is 21.1 Å². The number of carbonyl (C=O) groups is 1. The maximum absolute atomic E-state index is 11.3.